The van der Waals surface area contributed by atoms with Crippen LogP contribution in [0.3, 0.4) is 0 Å². The molecule has 0 aliphatic carbocycles. The number of fused-ring (bicyclic) bond motifs is 1. The van der Waals surface area contributed by atoms with Gasteiger partial charge in [-0.2, -0.15) is 18.3 Å². The Labute approximate surface area is 182 Å². The van der Waals surface area contributed by atoms with Gasteiger partial charge in [0.2, 0.25) is 0 Å². The van der Waals surface area contributed by atoms with E-state index in [1.54, 1.807) is 23.1 Å². The molecule has 4 heterocycles. The second-order valence-electron chi connectivity index (χ2n) is 8.25. The van der Waals surface area contributed by atoms with E-state index in [1.165, 1.54) is 17.0 Å². The Morgan fingerprint density at radius 1 is 1.00 bits per heavy atom. The maximum atomic E-state index is 13.4. The summed E-state index contributed by atoms with van der Waals surface area (Å²) < 4.78 is 40.5. The highest BCUT2D eigenvalue weighted by atomic mass is 19.4. The molecule has 0 spiro atoms. The number of halogens is 3. The highest BCUT2D eigenvalue weighted by molar-refractivity contribution is 6.07. The minimum atomic E-state index is -4.42. The molecule has 2 aliphatic heterocycles. The maximum absolute atomic E-state index is 13.4. The first-order chi connectivity index (χ1) is 15.2. The molecule has 7 nitrogen and oxygen atoms in total. The van der Waals surface area contributed by atoms with Crippen molar-refractivity contribution >= 4 is 23.1 Å². The van der Waals surface area contributed by atoms with Gasteiger partial charge in [0, 0.05) is 36.8 Å². The van der Waals surface area contributed by atoms with E-state index in [9.17, 15) is 18.0 Å². The van der Waals surface area contributed by atoms with Crippen LogP contribution in [0.1, 0.15) is 40.5 Å². The number of nitrogens with two attached hydrogens (primary N) is 1. The van der Waals surface area contributed by atoms with E-state index in [-0.39, 0.29) is 17.9 Å². The van der Waals surface area contributed by atoms with E-state index < -0.39 is 11.7 Å². The lowest BCUT2D eigenvalue weighted by atomic mass is 9.90. The van der Waals surface area contributed by atoms with Crippen molar-refractivity contribution in [2.24, 2.45) is 0 Å². The van der Waals surface area contributed by atoms with Crippen LogP contribution < -0.4 is 15.5 Å². The second-order valence-corrected chi connectivity index (χ2v) is 8.25. The van der Waals surface area contributed by atoms with Gasteiger partial charge in [0.1, 0.15) is 11.5 Å². The molecule has 32 heavy (non-hydrogen) atoms. The number of anilines is 3. The lowest BCUT2D eigenvalue weighted by molar-refractivity contribution is -0.137. The number of benzene rings is 1. The van der Waals surface area contributed by atoms with Crippen molar-refractivity contribution in [2.75, 3.05) is 35.2 Å². The number of alkyl halides is 3. The fraction of sp³-hybridized carbons (Fsp3) is 0.318. The van der Waals surface area contributed by atoms with Gasteiger partial charge in [-0.3, -0.25) is 9.48 Å². The zero-order chi connectivity index (χ0) is 22.6. The number of aromatic nitrogens is 3. The third-order valence-electron chi connectivity index (χ3n) is 6.10. The van der Waals surface area contributed by atoms with Gasteiger partial charge >= 0.3 is 6.18 Å². The zero-order valence-electron chi connectivity index (χ0n) is 17.3. The first-order valence-electron chi connectivity index (χ1n) is 10.3. The Hall–Kier alpha value is -3.56. The lowest BCUT2D eigenvalue weighted by Crippen LogP contribution is -2.47. The molecule has 0 bridgehead atoms. The first kappa shape index (κ1) is 20.3. The summed E-state index contributed by atoms with van der Waals surface area (Å²) in [6.45, 7) is 3.71. The molecule has 5 rings (SSSR count). The van der Waals surface area contributed by atoms with Crippen molar-refractivity contribution < 1.29 is 18.0 Å². The average Bonchev–Trinajstić information content (AvgIpc) is 3.16. The average molecular weight is 442 g/mol. The lowest BCUT2D eigenvalue weighted by Gasteiger charge is -2.41. The fourth-order valence-electron chi connectivity index (χ4n) is 4.31. The predicted molar refractivity (Wildman–Crippen MR) is 114 cm³/mol. The number of hydrogen-bond donors (Lipinski definition) is 1. The van der Waals surface area contributed by atoms with Crippen LogP contribution in [0.5, 0.6) is 0 Å². The molecule has 1 amide bonds. The molecular formula is C22H21F3N6O. The Morgan fingerprint density at radius 3 is 2.31 bits per heavy atom. The van der Waals surface area contributed by atoms with E-state index >= 15 is 0 Å². The summed E-state index contributed by atoms with van der Waals surface area (Å²) in [5, 5.41) is 4.45. The molecule has 1 unspecified atom stereocenters. The highest BCUT2D eigenvalue weighted by Gasteiger charge is 2.39. The van der Waals surface area contributed by atoms with Gasteiger partial charge in [0.05, 0.1) is 29.7 Å². The molecule has 0 radical (unpaired) electrons. The number of nitrogen functional groups attached to an aromatic ring is 1. The van der Waals surface area contributed by atoms with Crippen LogP contribution in [0.4, 0.5) is 30.4 Å². The van der Waals surface area contributed by atoms with Gasteiger partial charge in [-0.1, -0.05) is 0 Å². The SMILES string of the molecule is CC1CN(c2ccc(C(F)(F)F)cc2)C(=O)c2c(C3CN(c4ccc(N)nc4)C3)cnn21. The summed E-state index contributed by atoms with van der Waals surface area (Å²) in [5.41, 5.74) is 7.67. The van der Waals surface area contributed by atoms with Crippen LogP contribution in [0, 0.1) is 0 Å². The Morgan fingerprint density at radius 2 is 1.69 bits per heavy atom. The van der Waals surface area contributed by atoms with E-state index in [0.29, 0.717) is 36.8 Å². The van der Waals surface area contributed by atoms with Crippen molar-refractivity contribution in [2.45, 2.75) is 25.1 Å². The standard InChI is InChI=1S/C22H21F3N6O/c1-13-10-30(16-4-2-15(3-5-16)22(23,24)25)21(32)20-18(9-28-31(13)20)14-11-29(12-14)17-6-7-19(26)27-8-17/h2-9,13-14H,10-12H2,1H3,(H2,26,27). The van der Waals surface area contributed by atoms with Gasteiger partial charge in [0.25, 0.3) is 5.91 Å². The number of pyridine rings is 1. The topological polar surface area (TPSA) is 80.3 Å². The number of carbonyl (C=O) groups excluding carboxylic acids is 1. The summed E-state index contributed by atoms with van der Waals surface area (Å²) in [7, 11) is 0. The van der Waals surface area contributed by atoms with Crippen molar-refractivity contribution in [3.8, 4) is 0 Å². The highest BCUT2D eigenvalue weighted by Crippen LogP contribution is 2.37. The maximum Gasteiger partial charge on any atom is 0.416 e. The molecule has 3 aromatic rings. The third kappa shape index (κ3) is 3.35. The number of carbonyl (C=O) groups is 1. The quantitative estimate of drug-likeness (QED) is 0.669. The number of nitrogens with zero attached hydrogens (tertiary/aromatic N) is 5. The van der Waals surface area contributed by atoms with E-state index in [2.05, 4.69) is 15.0 Å². The monoisotopic (exact) mass is 442 g/mol. The first-order valence-corrected chi connectivity index (χ1v) is 10.3. The van der Waals surface area contributed by atoms with Crippen molar-refractivity contribution in [3.05, 3.63) is 65.6 Å². The molecular weight excluding hydrogens is 421 g/mol. The Balaban J connectivity index is 1.38. The molecule has 0 saturated carbocycles. The summed E-state index contributed by atoms with van der Waals surface area (Å²) in [6.07, 6.45) is -0.957. The van der Waals surface area contributed by atoms with Gasteiger partial charge in [0.15, 0.2) is 0 Å². The second kappa shape index (κ2) is 7.25. The van der Waals surface area contributed by atoms with E-state index in [4.69, 9.17) is 5.73 Å². The normalized spacial score (nSPS) is 19.1. The summed E-state index contributed by atoms with van der Waals surface area (Å²) in [4.78, 5) is 21.2. The zero-order valence-corrected chi connectivity index (χ0v) is 17.3. The third-order valence-corrected chi connectivity index (χ3v) is 6.10. The van der Waals surface area contributed by atoms with Crippen LogP contribution in [0.15, 0.2) is 48.8 Å². The molecule has 1 atom stereocenters. The fourth-order valence-corrected chi connectivity index (χ4v) is 4.31. The molecule has 1 aromatic carbocycles. The minimum absolute atomic E-state index is 0.101. The summed E-state index contributed by atoms with van der Waals surface area (Å²) >= 11 is 0. The van der Waals surface area contributed by atoms with Crippen LogP contribution in [-0.2, 0) is 6.18 Å². The summed E-state index contributed by atoms with van der Waals surface area (Å²) in [5.74, 6) is 0.336. The predicted octanol–water partition coefficient (Wildman–Crippen LogP) is 3.70. The van der Waals surface area contributed by atoms with Crippen LogP contribution in [0.2, 0.25) is 0 Å². The largest absolute Gasteiger partial charge is 0.416 e. The van der Waals surface area contributed by atoms with Gasteiger partial charge < -0.3 is 15.5 Å². The molecule has 2 aliphatic rings. The minimum Gasteiger partial charge on any atom is -0.384 e. The molecule has 2 aromatic heterocycles. The van der Waals surface area contributed by atoms with Gasteiger partial charge in [-0.05, 0) is 43.3 Å². The van der Waals surface area contributed by atoms with Crippen LogP contribution in [-0.4, -0.2) is 40.3 Å². The molecule has 10 heteroatoms. The Bertz CT molecular complexity index is 1150. The smallest absolute Gasteiger partial charge is 0.384 e. The van der Waals surface area contributed by atoms with E-state index in [1.807, 2.05) is 13.0 Å². The molecule has 2 N–H and O–H groups in total. The van der Waals surface area contributed by atoms with Crippen LogP contribution >= 0.6 is 0 Å². The molecule has 1 fully saturated rings. The summed E-state index contributed by atoms with van der Waals surface area (Å²) in [6, 6.07) is 8.26. The number of hydrogen-bond acceptors (Lipinski definition) is 5. The van der Waals surface area contributed by atoms with Crippen molar-refractivity contribution in [1.29, 1.82) is 0 Å². The van der Waals surface area contributed by atoms with Gasteiger partial charge in [-0.25, -0.2) is 4.98 Å². The van der Waals surface area contributed by atoms with Gasteiger partial charge in [-0.15, -0.1) is 0 Å². The Kier molecular flexibility index (Phi) is 4.61. The van der Waals surface area contributed by atoms with Crippen molar-refractivity contribution in [1.82, 2.24) is 14.8 Å². The van der Waals surface area contributed by atoms with E-state index in [0.717, 1.165) is 23.4 Å². The van der Waals surface area contributed by atoms with Crippen LogP contribution in [0.25, 0.3) is 0 Å². The molecule has 1 saturated heterocycles. The number of amides is 1. The molecule has 166 valence electrons. The van der Waals surface area contributed by atoms with Crippen molar-refractivity contribution in [3.63, 3.8) is 0 Å². The number of rotatable bonds is 3.